The van der Waals surface area contributed by atoms with E-state index in [-0.39, 0.29) is 5.69 Å². The Bertz CT molecular complexity index is 1510. The van der Waals surface area contributed by atoms with Gasteiger partial charge in [0.25, 0.3) is 0 Å². The van der Waals surface area contributed by atoms with Gasteiger partial charge < -0.3 is 9.80 Å². The fourth-order valence-electron chi connectivity index (χ4n) is 5.39. The van der Waals surface area contributed by atoms with Gasteiger partial charge in [0.05, 0.1) is 55.2 Å². The average molecular weight is 559 g/mol. The average Bonchev–Trinajstić information content (AvgIpc) is 2.89. The lowest BCUT2D eigenvalue weighted by molar-refractivity contribution is -0.896. The van der Waals surface area contributed by atoms with Crippen molar-refractivity contribution in [3.05, 3.63) is 89.5 Å². The van der Waals surface area contributed by atoms with Crippen molar-refractivity contribution in [3.63, 3.8) is 0 Å². The molecule has 1 aliphatic rings. The van der Waals surface area contributed by atoms with Gasteiger partial charge in [-0.15, -0.1) is 0 Å². The molecule has 3 nitrogen and oxygen atoms in total. The van der Waals surface area contributed by atoms with Gasteiger partial charge in [-0.3, -0.25) is 0 Å². The Morgan fingerprint density at radius 2 is 1.55 bits per heavy atom. The molecule has 1 fully saturated rings. The molecule has 0 aliphatic carbocycles. The van der Waals surface area contributed by atoms with Crippen molar-refractivity contribution in [1.82, 2.24) is 4.98 Å². The fraction of sp³-hybridized carbons (Fsp3) is 0.323. The van der Waals surface area contributed by atoms with Crippen LogP contribution in [0, 0.1) is 5.92 Å². The zero-order valence-electron chi connectivity index (χ0n) is 22.2. The largest absolute Gasteiger partial charge is 0.417 e. The van der Waals surface area contributed by atoms with Gasteiger partial charge in [0.15, 0.2) is 0 Å². The second kappa shape index (κ2) is 10.4. The lowest BCUT2D eigenvalue weighted by Crippen LogP contribution is -2.46. The molecule has 0 unspecified atom stereocenters. The number of benzene rings is 3. The Balaban J connectivity index is 1.52. The summed E-state index contributed by atoms with van der Waals surface area (Å²) in [7, 11) is 4.48. The summed E-state index contributed by atoms with van der Waals surface area (Å²) in [6.45, 7) is 2.26. The SMILES string of the molecule is C[N+]1(C)CCC(Cc2cccc(Nc3cc(-c4cc(C(F)(F)F)ccc4C(F)(F)F)nc4ccccc34)c2)CC1. The topological polar surface area (TPSA) is 24.9 Å². The summed E-state index contributed by atoms with van der Waals surface area (Å²) in [5, 5.41) is 3.95. The fourth-order valence-corrected chi connectivity index (χ4v) is 5.39. The molecule has 0 bridgehead atoms. The van der Waals surface area contributed by atoms with Crippen molar-refractivity contribution in [2.75, 3.05) is 32.5 Å². The summed E-state index contributed by atoms with van der Waals surface area (Å²) < 4.78 is 83.0. The number of anilines is 2. The molecule has 1 aliphatic heterocycles. The Labute approximate surface area is 229 Å². The maximum atomic E-state index is 13.9. The van der Waals surface area contributed by atoms with Crippen LogP contribution in [0.3, 0.4) is 0 Å². The van der Waals surface area contributed by atoms with Crippen molar-refractivity contribution in [1.29, 1.82) is 0 Å². The van der Waals surface area contributed by atoms with E-state index >= 15 is 0 Å². The van der Waals surface area contributed by atoms with E-state index in [1.54, 1.807) is 24.3 Å². The number of hydrogen-bond donors (Lipinski definition) is 1. The van der Waals surface area contributed by atoms with Gasteiger partial charge in [-0.1, -0.05) is 30.3 Å². The van der Waals surface area contributed by atoms with E-state index in [1.807, 2.05) is 18.2 Å². The second-order valence-corrected chi connectivity index (χ2v) is 11.2. The predicted molar refractivity (Wildman–Crippen MR) is 145 cm³/mol. The number of pyridine rings is 1. The van der Waals surface area contributed by atoms with Crippen molar-refractivity contribution in [2.45, 2.75) is 31.6 Å². The van der Waals surface area contributed by atoms with E-state index in [9.17, 15) is 26.3 Å². The molecule has 0 saturated carbocycles. The van der Waals surface area contributed by atoms with Crippen LogP contribution in [0.1, 0.15) is 29.5 Å². The summed E-state index contributed by atoms with van der Waals surface area (Å²) in [5.74, 6) is 0.580. The monoisotopic (exact) mass is 558 g/mol. The molecule has 0 amide bonds. The van der Waals surface area contributed by atoms with Gasteiger partial charge in [-0.05, 0) is 73.2 Å². The first-order chi connectivity index (χ1) is 18.8. The third-order valence-corrected chi connectivity index (χ3v) is 7.66. The van der Waals surface area contributed by atoms with E-state index in [4.69, 9.17) is 0 Å². The number of likely N-dealkylation sites (tertiary alicyclic amines) is 1. The number of piperidine rings is 1. The number of fused-ring (bicyclic) bond motifs is 1. The molecule has 1 N–H and O–H groups in total. The first-order valence-corrected chi connectivity index (χ1v) is 13.2. The normalized spacial score (nSPS) is 16.3. The van der Waals surface area contributed by atoms with Crippen molar-refractivity contribution >= 4 is 22.3 Å². The van der Waals surface area contributed by atoms with Gasteiger partial charge >= 0.3 is 12.4 Å². The first kappa shape index (κ1) is 28.0. The van der Waals surface area contributed by atoms with Gasteiger partial charge in [0, 0.05) is 16.6 Å². The number of nitrogens with one attached hydrogen (secondary N) is 1. The van der Waals surface area contributed by atoms with Gasteiger partial charge in [-0.25, -0.2) is 4.98 Å². The Morgan fingerprint density at radius 1 is 0.825 bits per heavy atom. The summed E-state index contributed by atoms with van der Waals surface area (Å²) in [6.07, 6.45) is -6.45. The van der Waals surface area contributed by atoms with E-state index < -0.39 is 29.0 Å². The highest BCUT2D eigenvalue weighted by Gasteiger charge is 2.37. The summed E-state index contributed by atoms with van der Waals surface area (Å²) in [6, 6.07) is 17.6. The summed E-state index contributed by atoms with van der Waals surface area (Å²) >= 11 is 0. The molecule has 0 spiro atoms. The number of aromatic nitrogens is 1. The molecule has 9 heteroatoms. The minimum atomic E-state index is -4.86. The quantitative estimate of drug-likeness (QED) is 0.196. The van der Waals surface area contributed by atoms with Crippen LogP contribution in [0.5, 0.6) is 0 Å². The third kappa shape index (κ3) is 6.25. The molecule has 3 aromatic carbocycles. The molecule has 0 radical (unpaired) electrons. The second-order valence-electron chi connectivity index (χ2n) is 11.2. The lowest BCUT2D eigenvalue weighted by Gasteiger charge is -2.37. The molecular formula is C31H30F6N3+. The zero-order valence-corrected chi connectivity index (χ0v) is 22.2. The van der Waals surface area contributed by atoms with Crippen LogP contribution in [0.4, 0.5) is 37.7 Å². The molecule has 1 saturated heterocycles. The van der Waals surface area contributed by atoms with E-state index in [0.29, 0.717) is 40.7 Å². The van der Waals surface area contributed by atoms with Crippen LogP contribution in [0.2, 0.25) is 0 Å². The Morgan fingerprint density at radius 3 is 2.25 bits per heavy atom. The number of para-hydroxylation sites is 1. The molecule has 1 aromatic heterocycles. The highest BCUT2D eigenvalue weighted by Crippen LogP contribution is 2.42. The number of halogens is 6. The highest BCUT2D eigenvalue weighted by atomic mass is 19.4. The van der Waals surface area contributed by atoms with Crippen LogP contribution < -0.4 is 5.32 Å². The summed E-state index contributed by atoms with van der Waals surface area (Å²) in [4.78, 5) is 4.34. The molecular weight excluding hydrogens is 528 g/mol. The van der Waals surface area contributed by atoms with Crippen LogP contribution in [-0.2, 0) is 18.8 Å². The standard InChI is InChI=1S/C31H30F6N3/c1-40(2)14-12-20(13-15-40)16-21-6-5-7-23(17-21)38-28-19-29(39-27-9-4-3-8-24(27)28)25-18-22(30(32,33)34)10-11-26(25)31(35,36)37/h3-11,17-20H,12-16H2,1-2H3,(H,38,39)/q+1. The van der Waals surface area contributed by atoms with E-state index in [2.05, 4.69) is 30.5 Å². The maximum absolute atomic E-state index is 13.9. The Hall–Kier alpha value is -3.59. The Kier molecular flexibility index (Phi) is 7.29. The molecule has 210 valence electrons. The predicted octanol–water partition coefficient (Wildman–Crippen LogP) is 8.71. The minimum Gasteiger partial charge on any atom is -0.355 e. The minimum absolute atomic E-state index is 0.196. The van der Waals surface area contributed by atoms with Crippen molar-refractivity contribution < 1.29 is 30.8 Å². The molecule has 4 aromatic rings. The van der Waals surface area contributed by atoms with Crippen LogP contribution in [0.15, 0.2) is 72.8 Å². The number of quaternary nitrogens is 1. The zero-order chi connectivity index (χ0) is 28.7. The summed E-state index contributed by atoms with van der Waals surface area (Å²) in [5.41, 5.74) is -0.442. The molecule has 0 atom stereocenters. The smallest absolute Gasteiger partial charge is 0.355 e. The molecule has 5 rings (SSSR count). The maximum Gasteiger partial charge on any atom is 0.417 e. The molecule has 40 heavy (non-hydrogen) atoms. The van der Waals surface area contributed by atoms with E-state index in [1.165, 1.54) is 6.07 Å². The van der Waals surface area contributed by atoms with Crippen molar-refractivity contribution in [3.8, 4) is 11.3 Å². The van der Waals surface area contributed by atoms with Crippen LogP contribution >= 0.6 is 0 Å². The number of alkyl halides is 6. The van der Waals surface area contributed by atoms with Gasteiger partial charge in [0.1, 0.15) is 0 Å². The number of rotatable bonds is 5. The first-order valence-electron chi connectivity index (χ1n) is 13.2. The van der Waals surface area contributed by atoms with E-state index in [0.717, 1.165) is 48.1 Å². The van der Waals surface area contributed by atoms with Gasteiger partial charge in [-0.2, -0.15) is 26.3 Å². The van der Waals surface area contributed by atoms with Crippen molar-refractivity contribution in [2.24, 2.45) is 5.92 Å². The molecule has 2 heterocycles. The number of nitrogens with zero attached hydrogens (tertiary/aromatic N) is 2. The van der Waals surface area contributed by atoms with Crippen LogP contribution in [0.25, 0.3) is 22.2 Å². The van der Waals surface area contributed by atoms with Crippen LogP contribution in [-0.4, -0.2) is 36.7 Å². The van der Waals surface area contributed by atoms with Gasteiger partial charge in [0.2, 0.25) is 0 Å². The number of hydrogen-bond acceptors (Lipinski definition) is 2. The third-order valence-electron chi connectivity index (χ3n) is 7.66. The lowest BCUT2D eigenvalue weighted by atomic mass is 9.89. The highest BCUT2D eigenvalue weighted by molar-refractivity contribution is 5.95.